The zero-order valence-corrected chi connectivity index (χ0v) is 18.6. The summed E-state index contributed by atoms with van der Waals surface area (Å²) in [7, 11) is 0. The number of halogens is 1. The van der Waals surface area contributed by atoms with Crippen LogP contribution in [0.5, 0.6) is 0 Å². The quantitative estimate of drug-likeness (QED) is 0.318. The Labute approximate surface area is 192 Å². The van der Waals surface area contributed by atoms with Gasteiger partial charge in [0.25, 0.3) is 5.22 Å². The summed E-state index contributed by atoms with van der Waals surface area (Å²) in [6.07, 6.45) is 2.16. The smallest absolute Gasteiger partial charge is 0.277 e. The summed E-state index contributed by atoms with van der Waals surface area (Å²) < 4.78 is 18.9. The molecule has 0 spiro atoms. The minimum absolute atomic E-state index is 0.106. The third-order valence-corrected chi connectivity index (χ3v) is 6.68. The van der Waals surface area contributed by atoms with Crippen LogP contribution in [0.15, 0.2) is 69.6 Å². The van der Waals surface area contributed by atoms with Gasteiger partial charge < -0.3 is 4.42 Å². The molecule has 1 saturated carbocycles. The maximum absolute atomic E-state index is 13.3. The molecule has 4 aromatic rings. The van der Waals surface area contributed by atoms with Gasteiger partial charge in [-0.05, 0) is 42.7 Å². The van der Waals surface area contributed by atoms with Crippen LogP contribution < -0.4 is 4.90 Å². The number of carbonyl (C=O) groups is 1. The minimum Gasteiger partial charge on any atom is -0.416 e. The zero-order chi connectivity index (χ0) is 21.9. The fourth-order valence-electron chi connectivity index (χ4n) is 3.15. The summed E-state index contributed by atoms with van der Waals surface area (Å²) >= 11 is 2.62. The van der Waals surface area contributed by atoms with Gasteiger partial charge in [0.15, 0.2) is 5.13 Å². The summed E-state index contributed by atoms with van der Waals surface area (Å²) in [5.41, 5.74) is 2.50. The van der Waals surface area contributed by atoms with Gasteiger partial charge in [0.2, 0.25) is 11.8 Å². The summed E-state index contributed by atoms with van der Waals surface area (Å²) in [6, 6.07) is 15.9. The molecule has 1 aliphatic rings. The van der Waals surface area contributed by atoms with Gasteiger partial charge in [-0.2, -0.15) is 0 Å². The lowest BCUT2D eigenvalue weighted by Crippen LogP contribution is -2.31. The number of carbonyl (C=O) groups excluding carboxylic acids is 1. The molecule has 0 atom stereocenters. The number of benzene rings is 2. The molecule has 2 heterocycles. The van der Waals surface area contributed by atoms with Crippen molar-refractivity contribution < 1.29 is 13.6 Å². The maximum Gasteiger partial charge on any atom is 0.277 e. The van der Waals surface area contributed by atoms with Crippen LogP contribution >= 0.6 is 23.1 Å². The molecule has 0 bridgehead atoms. The minimum atomic E-state index is -0.298. The molecule has 6 nitrogen and oxygen atoms in total. The average molecular weight is 467 g/mol. The molecular weight excluding hydrogens is 447 g/mol. The molecule has 162 valence electrons. The number of amides is 1. The number of thiazole rings is 1. The second-order valence-electron chi connectivity index (χ2n) is 7.46. The van der Waals surface area contributed by atoms with E-state index >= 15 is 0 Å². The molecular formula is C23H19FN4O2S2. The fraction of sp³-hybridized carbons (Fsp3) is 0.217. The average Bonchev–Trinajstić information content (AvgIpc) is 3.36. The molecule has 0 N–H and O–H groups in total. The van der Waals surface area contributed by atoms with E-state index in [0.29, 0.717) is 34.4 Å². The number of hydrogen-bond acceptors (Lipinski definition) is 7. The van der Waals surface area contributed by atoms with Crippen LogP contribution in [0.2, 0.25) is 0 Å². The van der Waals surface area contributed by atoms with Crippen molar-refractivity contribution in [2.75, 3.05) is 10.7 Å². The molecule has 9 heteroatoms. The van der Waals surface area contributed by atoms with Crippen LogP contribution in [0.4, 0.5) is 9.52 Å². The summed E-state index contributed by atoms with van der Waals surface area (Å²) in [6.45, 7) is 0.397. The molecule has 32 heavy (non-hydrogen) atoms. The Morgan fingerprint density at radius 1 is 1.12 bits per heavy atom. The number of nitrogens with zero attached hydrogens (tertiary/aromatic N) is 4. The predicted molar refractivity (Wildman–Crippen MR) is 122 cm³/mol. The predicted octanol–water partition coefficient (Wildman–Crippen LogP) is 5.54. The molecule has 0 saturated heterocycles. The second-order valence-corrected chi connectivity index (χ2v) is 9.22. The number of anilines is 1. The number of thioether (sulfide) groups is 1. The largest absolute Gasteiger partial charge is 0.416 e. The van der Waals surface area contributed by atoms with E-state index in [4.69, 9.17) is 4.42 Å². The topological polar surface area (TPSA) is 72.1 Å². The van der Waals surface area contributed by atoms with Gasteiger partial charge in [0, 0.05) is 16.9 Å². The van der Waals surface area contributed by atoms with Gasteiger partial charge in [-0.3, -0.25) is 9.69 Å². The molecule has 2 aromatic heterocycles. The first-order chi connectivity index (χ1) is 15.7. The van der Waals surface area contributed by atoms with Crippen LogP contribution in [-0.2, 0) is 11.3 Å². The maximum atomic E-state index is 13.3. The standard InChI is InChI=1S/C23H19FN4O2S2/c24-18-10-8-16(9-11-18)19-13-31-22(25-19)28(12-15-4-2-1-3-5-15)20(29)14-32-23-27-26-21(30-23)17-6-7-17/h1-5,8-11,13,17H,6-7,12,14H2. The number of rotatable bonds is 8. The van der Waals surface area contributed by atoms with Crippen molar-refractivity contribution in [2.24, 2.45) is 0 Å². The van der Waals surface area contributed by atoms with Crippen LogP contribution in [0.3, 0.4) is 0 Å². The van der Waals surface area contributed by atoms with E-state index in [2.05, 4.69) is 15.2 Å². The molecule has 2 aromatic carbocycles. The summed E-state index contributed by atoms with van der Waals surface area (Å²) in [5, 5.41) is 11.0. The lowest BCUT2D eigenvalue weighted by Gasteiger charge is -2.19. The van der Waals surface area contributed by atoms with Crippen LogP contribution in [0, 0.1) is 5.82 Å². The van der Waals surface area contributed by atoms with Crippen molar-refractivity contribution in [3.8, 4) is 11.3 Å². The lowest BCUT2D eigenvalue weighted by molar-refractivity contribution is -0.116. The number of hydrogen-bond donors (Lipinski definition) is 0. The third kappa shape index (κ3) is 4.89. The monoisotopic (exact) mass is 466 g/mol. The highest BCUT2D eigenvalue weighted by Crippen LogP contribution is 2.40. The van der Waals surface area contributed by atoms with E-state index in [1.165, 1.54) is 35.2 Å². The van der Waals surface area contributed by atoms with Crippen molar-refractivity contribution in [2.45, 2.75) is 30.5 Å². The Bertz CT molecular complexity index is 1210. The number of aromatic nitrogens is 3. The van der Waals surface area contributed by atoms with Gasteiger partial charge >= 0.3 is 0 Å². The van der Waals surface area contributed by atoms with Gasteiger partial charge in [-0.25, -0.2) is 9.37 Å². The van der Waals surface area contributed by atoms with Crippen LogP contribution in [0.1, 0.15) is 30.2 Å². The Kier molecular flexibility index (Phi) is 6.00. The zero-order valence-electron chi connectivity index (χ0n) is 17.0. The molecule has 1 amide bonds. The van der Waals surface area contributed by atoms with E-state index in [1.54, 1.807) is 17.0 Å². The van der Waals surface area contributed by atoms with E-state index < -0.39 is 0 Å². The molecule has 1 aliphatic carbocycles. The van der Waals surface area contributed by atoms with Crippen molar-refractivity contribution in [1.82, 2.24) is 15.2 Å². The highest BCUT2D eigenvalue weighted by atomic mass is 32.2. The first-order valence-electron chi connectivity index (χ1n) is 10.2. The van der Waals surface area contributed by atoms with Gasteiger partial charge in [0.05, 0.1) is 18.0 Å². The van der Waals surface area contributed by atoms with Gasteiger partial charge in [-0.1, -0.05) is 42.1 Å². The Morgan fingerprint density at radius 3 is 2.66 bits per heavy atom. The van der Waals surface area contributed by atoms with E-state index in [-0.39, 0.29) is 17.5 Å². The first kappa shape index (κ1) is 20.8. The molecule has 0 aliphatic heterocycles. The summed E-state index contributed by atoms with van der Waals surface area (Å²) in [5.74, 6) is 0.787. The summed E-state index contributed by atoms with van der Waals surface area (Å²) in [4.78, 5) is 19.5. The molecule has 0 unspecified atom stereocenters. The van der Waals surface area contributed by atoms with E-state index in [1.807, 2.05) is 35.7 Å². The first-order valence-corrected chi connectivity index (χ1v) is 12.0. The fourth-order valence-corrected chi connectivity index (χ4v) is 4.64. The van der Waals surface area contributed by atoms with Crippen molar-refractivity contribution in [3.05, 3.63) is 77.2 Å². The van der Waals surface area contributed by atoms with Crippen LogP contribution in [-0.4, -0.2) is 26.8 Å². The third-order valence-electron chi connectivity index (χ3n) is 5.02. The Balaban J connectivity index is 1.34. The van der Waals surface area contributed by atoms with Crippen molar-refractivity contribution in [3.63, 3.8) is 0 Å². The highest BCUT2D eigenvalue weighted by Gasteiger charge is 2.29. The molecule has 0 radical (unpaired) electrons. The normalized spacial score (nSPS) is 13.3. The van der Waals surface area contributed by atoms with E-state index in [9.17, 15) is 9.18 Å². The SMILES string of the molecule is O=C(CSc1nnc(C2CC2)o1)N(Cc1ccccc1)c1nc(-c2ccc(F)cc2)cs1. The molecule has 5 rings (SSSR count). The Hall–Kier alpha value is -3.04. The molecule has 1 fully saturated rings. The Morgan fingerprint density at radius 2 is 1.91 bits per heavy atom. The van der Waals surface area contributed by atoms with Crippen molar-refractivity contribution >= 4 is 34.1 Å². The highest BCUT2D eigenvalue weighted by molar-refractivity contribution is 7.99. The van der Waals surface area contributed by atoms with Gasteiger partial charge in [0.1, 0.15) is 5.82 Å². The van der Waals surface area contributed by atoms with Crippen molar-refractivity contribution in [1.29, 1.82) is 0 Å². The van der Waals surface area contributed by atoms with E-state index in [0.717, 1.165) is 24.0 Å². The lowest BCUT2D eigenvalue weighted by atomic mass is 10.2. The van der Waals surface area contributed by atoms with Crippen LogP contribution in [0.25, 0.3) is 11.3 Å². The second kappa shape index (κ2) is 9.22. The van der Waals surface area contributed by atoms with Gasteiger partial charge in [-0.15, -0.1) is 21.5 Å².